The first-order valence-electron chi connectivity index (χ1n) is 6.63. The highest BCUT2D eigenvalue weighted by atomic mass is 16.5. The maximum absolute atomic E-state index is 12.5. The molecule has 2 fully saturated rings. The van der Waals surface area contributed by atoms with Crippen LogP contribution in [0.3, 0.4) is 0 Å². The predicted molar refractivity (Wildman–Crippen MR) is 70.8 cm³/mol. The third-order valence-corrected chi connectivity index (χ3v) is 4.22. The zero-order valence-electron chi connectivity index (χ0n) is 11.7. The average Bonchev–Trinajstić information content (AvgIpc) is 3.02. The minimum Gasteiger partial charge on any atom is -0.465 e. The highest BCUT2D eigenvalue weighted by Gasteiger charge is 2.45. The van der Waals surface area contributed by atoms with Crippen LogP contribution in [0.1, 0.15) is 10.5 Å². The zero-order chi connectivity index (χ0) is 15.3. The molecule has 3 rings (SSSR count). The van der Waals surface area contributed by atoms with Gasteiger partial charge in [-0.2, -0.15) is 0 Å². The number of fused-ring (bicyclic) bond motifs is 1. The van der Waals surface area contributed by atoms with Crippen LogP contribution in [-0.4, -0.2) is 45.6 Å². The third-order valence-electron chi connectivity index (χ3n) is 4.22. The number of cyclic esters (lactones) is 1. The van der Waals surface area contributed by atoms with E-state index in [-0.39, 0.29) is 30.0 Å². The predicted octanol–water partition coefficient (Wildman–Crippen LogP) is -1.67. The molecule has 0 aromatic carbocycles. The Bertz CT molecular complexity index is 747. The lowest BCUT2D eigenvalue weighted by atomic mass is 10.0. The number of likely N-dealkylation sites (tertiary alicyclic amines) is 1. The molecule has 112 valence electrons. The highest BCUT2D eigenvalue weighted by molar-refractivity contribution is 5.93. The zero-order valence-corrected chi connectivity index (χ0v) is 11.7. The molecule has 2 saturated heterocycles. The lowest BCUT2D eigenvalue weighted by Crippen LogP contribution is -2.42. The molecule has 0 unspecified atom stereocenters. The van der Waals surface area contributed by atoms with Crippen LogP contribution in [-0.2, 0) is 23.6 Å². The van der Waals surface area contributed by atoms with Gasteiger partial charge in [0.15, 0.2) is 0 Å². The molecule has 0 N–H and O–H groups in total. The van der Waals surface area contributed by atoms with E-state index >= 15 is 0 Å². The quantitative estimate of drug-likeness (QED) is 0.577. The van der Waals surface area contributed by atoms with Crippen LogP contribution in [0.2, 0.25) is 0 Å². The Morgan fingerprint density at radius 2 is 1.90 bits per heavy atom. The Labute approximate surface area is 119 Å². The number of hydrogen-bond acceptors (Lipinski definition) is 5. The molecule has 1 amide bonds. The second-order valence-corrected chi connectivity index (χ2v) is 5.48. The van der Waals surface area contributed by atoms with Crippen molar-refractivity contribution in [3.05, 3.63) is 32.6 Å². The second-order valence-electron chi connectivity index (χ2n) is 5.48. The van der Waals surface area contributed by atoms with E-state index in [2.05, 4.69) is 0 Å². The Kier molecular flexibility index (Phi) is 2.96. The first-order valence-corrected chi connectivity index (χ1v) is 6.63. The fourth-order valence-electron chi connectivity index (χ4n) is 2.87. The van der Waals surface area contributed by atoms with Crippen molar-refractivity contribution >= 4 is 11.9 Å². The van der Waals surface area contributed by atoms with Crippen LogP contribution >= 0.6 is 0 Å². The van der Waals surface area contributed by atoms with Crippen LogP contribution < -0.4 is 11.2 Å². The number of carbonyl (C=O) groups excluding carboxylic acids is 2. The molecule has 0 bridgehead atoms. The van der Waals surface area contributed by atoms with E-state index < -0.39 is 17.2 Å². The lowest BCUT2D eigenvalue weighted by molar-refractivity contribution is -0.141. The largest absolute Gasteiger partial charge is 0.465 e. The van der Waals surface area contributed by atoms with Gasteiger partial charge in [-0.25, -0.2) is 4.79 Å². The van der Waals surface area contributed by atoms with Gasteiger partial charge in [-0.05, 0) is 0 Å². The monoisotopic (exact) mass is 293 g/mol. The highest BCUT2D eigenvalue weighted by Crippen LogP contribution is 2.30. The van der Waals surface area contributed by atoms with E-state index in [1.807, 2.05) is 0 Å². The van der Waals surface area contributed by atoms with Gasteiger partial charge >= 0.3 is 11.7 Å². The van der Waals surface area contributed by atoms with Crippen molar-refractivity contribution in [2.24, 2.45) is 25.9 Å². The molecule has 3 heterocycles. The van der Waals surface area contributed by atoms with Gasteiger partial charge in [0.1, 0.15) is 5.69 Å². The van der Waals surface area contributed by atoms with Crippen molar-refractivity contribution in [2.75, 3.05) is 19.7 Å². The van der Waals surface area contributed by atoms with Gasteiger partial charge in [0.2, 0.25) is 0 Å². The molecule has 21 heavy (non-hydrogen) atoms. The number of ether oxygens (including phenoxy) is 1. The summed E-state index contributed by atoms with van der Waals surface area (Å²) in [7, 11) is 2.80. The first kappa shape index (κ1) is 13.6. The van der Waals surface area contributed by atoms with Gasteiger partial charge in [0.05, 0.1) is 12.5 Å². The smallest absolute Gasteiger partial charge is 0.331 e. The first-order chi connectivity index (χ1) is 9.90. The van der Waals surface area contributed by atoms with Crippen molar-refractivity contribution in [1.82, 2.24) is 14.0 Å². The van der Waals surface area contributed by atoms with Gasteiger partial charge in [-0.3, -0.25) is 23.5 Å². The number of esters is 1. The van der Waals surface area contributed by atoms with E-state index in [1.54, 1.807) is 0 Å². The van der Waals surface area contributed by atoms with Crippen molar-refractivity contribution in [3.8, 4) is 0 Å². The summed E-state index contributed by atoms with van der Waals surface area (Å²) >= 11 is 0. The number of hydrogen-bond donors (Lipinski definition) is 0. The molecular formula is C13H15N3O5. The summed E-state index contributed by atoms with van der Waals surface area (Å²) < 4.78 is 7.03. The van der Waals surface area contributed by atoms with Crippen molar-refractivity contribution in [1.29, 1.82) is 0 Å². The third kappa shape index (κ3) is 1.98. The van der Waals surface area contributed by atoms with E-state index in [0.717, 1.165) is 15.2 Å². The molecule has 8 heteroatoms. The molecule has 0 aliphatic carbocycles. The van der Waals surface area contributed by atoms with Crippen LogP contribution in [0.5, 0.6) is 0 Å². The van der Waals surface area contributed by atoms with Crippen molar-refractivity contribution in [2.45, 2.75) is 0 Å². The van der Waals surface area contributed by atoms with Gasteiger partial charge in [-0.1, -0.05) is 0 Å². The second kappa shape index (κ2) is 4.57. The Morgan fingerprint density at radius 1 is 1.19 bits per heavy atom. The minimum absolute atomic E-state index is 0.00465. The Balaban J connectivity index is 1.93. The lowest BCUT2D eigenvalue weighted by Gasteiger charge is -2.18. The topological polar surface area (TPSA) is 90.6 Å². The minimum atomic E-state index is -0.551. The number of nitrogens with zero attached hydrogens (tertiary/aromatic N) is 3. The van der Waals surface area contributed by atoms with Crippen LogP contribution in [0.15, 0.2) is 15.7 Å². The summed E-state index contributed by atoms with van der Waals surface area (Å²) in [6, 6.07) is 1.15. The van der Waals surface area contributed by atoms with E-state index in [4.69, 9.17) is 4.74 Å². The molecule has 2 atom stereocenters. The van der Waals surface area contributed by atoms with E-state index in [0.29, 0.717) is 13.2 Å². The molecule has 1 aromatic heterocycles. The summed E-state index contributed by atoms with van der Waals surface area (Å²) in [4.78, 5) is 49.0. The van der Waals surface area contributed by atoms with Crippen molar-refractivity contribution < 1.29 is 14.3 Å². The van der Waals surface area contributed by atoms with E-state index in [1.165, 1.54) is 19.0 Å². The molecule has 2 aliphatic heterocycles. The summed E-state index contributed by atoms with van der Waals surface area (Å²) in [5, 5.41) is 0. The normalized spacial score (nSPS) is 24.1. The fraction of sp³-hybridized carbons (Fsp3) is 0.538. The van der Waals surface area contributed by atoms with Gasteiger partial charge in [0.25, 0.3) is 11.5 Å². The SMILES string of the molecule is Cn1c(C(=O)N2C[C@@H]3COC(=O)[C@@H]3C2)cc(=O)n(C)c1=O. The molecule has 2 aliphatic rings. The standard InChI is InChI=1S/C13H15N3O5/c1-14-9(3-10(17)15(2)13(14)20)11(18)16-4-7-6-21-12(19)8(7)5-16/h3,7-8H,4-6H2,1-2H3/t7-,8-/m1/s1. The van der Waals surface area contributed by atoms with E-state index in [9.17, 15) is 19.2 Å². The average molecular weight is 293 g/mol. The summed E-state index contributed by atoms with van der Waals surface area (Å²) in [6.45, 7) is 0.993. The maximum atomic E-state index is 12.5. The molecule has 1 aromatic rings. The van der Waals surface area contributed by atoms with Gasteiger partial charge < -0.3 is 9.64 Å². The van der Waals surface area contributed by atoms with Crippen molar-refractivity contribution in [3.63, 3.8) is 0 Å². The van der Waals surface area contributed by atoms with Crippen LogP contribution in [0, 0.1) is 11.8 Å². The molecular weight excluding hydrogens is 278 g/mol. The number of rotatable bonds is 1. The fourth-order valence-corrected chi connectivity index (χ4v) is 2.87. The molecule has 0 spiro atoms. The summed E-state index contributed by atoms with van der Waals surface area (Å²) in [6.07, 6.45) is 0. The number of amides is 1. The molecule has 8 nitrogen and oxygen atoms in total. The van der Waals surface area contributed by atoms with Gasteiger partial charge in [0, 0.05) is 39.2 Å². The van der Waals surface area contributed by atoms with Crippen LogP contribution in [0.4, 0.5) is 0 Å². The number of carbonyl (C=O) groups is 2. The number of aromatic nitrogens is 2. The maximum Gasteiger partial charge on any atom is 0.331 e. The molecule has 0 radical (unpaired) electrons. The van der Waals surface area contributed by atoms with Crippen LogP contribution in [0.25, 0.3) is 0 Å². The summed E-state index contributed by atoms with van der Waals surface area (Å²) in [5.41, 5.74) is -1.04. The van der Waals surface area contributed by atoms with Gasteiger partial charge in [-0.15, -0.1) is 0 Å². The summed E-state index contributed by atoms with van der Waals surface area (Å²) in [5.74, 6) is -0.981. The Morgan fingerprint density at radius 3 is 2.57 bits per heavy atom. The Hall–Kier alpha value is -2.38. The molecule has 0 saturated carbocycles.